The van der Waals surface area contributed by atoms with Gasteiger partial charge in [-0.25, -0.2) is 4.39 Å². The summed E-state index contributed by atoms with van der Waals surface area (Å²) in [5.41, 5.74) is 0.0226. The van der Waals surface area contributed by atoms with Crippen molar-refractivity contribution < 1.29 is 9.13 Å². The Hall–Kier alpha value is -0.290. The lowest BCUT2D eigenvalue weighted by atomic mass is 10.0. The second kappa shape index (κ2) is 4.06. The average molecular weight is 218 g/mol. The van der Waals surface area contributed by atoms with Crippen molar-refractivity contribution in [2.24, 2.45) is 4.99 Å². The third-order valence-electron chi connectivity index (χ3n) is 2.61. The van der Waals surface area contributed by atoms with Crippen LogP contribution in [0.5, 0.6) is 0 Å². The molecule has 2 heterocycles. The molecule has 0 aliphatic carbocycles. The van der Waals surface area contributed by atoms with Gasteiger partial charge in [-0.1, -0.05) is 11.8 Å². The van der Waals surface area contributed by atoms with Crippen LogP contribution in [0.4, 0.5) is 4.39 Å². The largest absolute Gasteiger partial charge is 0.368 e. The van der Waals surface area contributed by atoms with Crippen molar-refractivity contribution in [2.75, 3.05) is 7.05 Å². The fourth-order valence-corrected chi connectivity index (χ4v) is 2.87. The van der Waals surface area contributed by atoms with E-state index in [-0.39, 0.29) is 17.6 Å². The Morgan fingerprint density at radius 2 is 2.43 bits per heavy atom. The van der Waals surface area contributed by atoms with Gasteiger partial charge in [0, 0.05) is 7.05 Å². The summed E-state index contributed by atoms with van der Waals surface area (Å²) in [6.45, 7) is 1.56. The van der Waals surface area contributed by atoms with Crippen LogP contribution in [0.1, 0.15) is 19.8 Å². The monoisotopic (exact) mass is 218 g/mol. The number of amidine groups is 1. The predicted octanol–water partition coefficient (Wildman–Crippen LogP) is 1.54. The van der Waals surface area contributed by atoms with Gasteiger partial charge in [0.15, 0.2) is 5.17 Å². The highest BCUT2D eigenvalue weighted by atomic mass is 32.2. The summed E-state index contributed by atoms with van der Waals surface area (Å²) in [6, 6.07) is 0.220. The molecule has 14 heavy (non-hydrogen) atoms. The number of nitrogens with zero attached hydrogens (tertiary/aromatic N) is 1. The minimum atomic E-state index is -0.879. The SMILES string of the molecule is CNC1=N[C@@H]2CC[C@@H]([C@@H](C)F)O[C@@H]2S1. The molecular weight excluding hydrogens is 203 g/mol. The van der Waals surface area contributed by atoms with Crippen LogP contribution in [0.15, 0.2) is 4.99 Å². The van der Waals surface area contributed by atoms with E-state index in [2.05, 4.69) is 10.3 Å². The minimum absolute atomic E-state index is 0.0226. The van der Waals surface area contributed by atoms with Gasteiger partial charge in [0.1, 0.15) is 11.6 Å². The number of hydrogen-bond acceptors (Lipinski definition) is 4. The number of hydrogen-bond donors (Lipinski definition) is 1. The molecular formula is C9H15FN2OS. The van der Waals surface area contributed by atoms with Gasteiger partial charge in [-0.3, -0.25) is 4.99 Å². The van der Waals surface area contributed by atoms with Gasteiger partial charge in [0.05, 0.1) is 12.1 Å². The van der Waals surface area contributed by atoms with Crippen LogP contribution in [-0.2, 0) is 4.74 Å². The molecule has 0 saturated carbocycles. The fraction of sp³-hybridized carbons (Fsp3) is 0.889. The number of fused-ring (bicyclic) bond motifs is 1. The van der Waals surface area contributed by atoms with Crippen molar-refractivity contribution in [1.82, 2.24) is 5.32 Å². The minimum Gasteiger partial charge on any atom is -0.368 e. The summed E-state index contributed by atoms with van der Waals surface area (Å²) in [4.78, 5) is 4.44. The van der Waals surface area contributed by atoms with Crippen molar-refractivity contribution in [3.05, 3.63) is 0 Å². The van der Waals surface area contributed by atoms with Gasteiger partial charge in [-0.15, -0.1) is 0 Å². The van der Waals surface area contributed by atoms with E-state index in [0.717, 1.165) is 18.0 Å². The topological polar surface area (TPSA) is 33.6 Å². The van der Waals surface area contributed by atoms with E-state index >= 15 is 0 Å². The highest BCUT2D eigenvalue weighted by Gasteiger charge is 2.38. The molecule has 2 aliphatic rings. The first kappa shape index (κ1) is 10.2. The third kappa shape index (κ3) is 1.88. The number of thioether (sulfide) groups is 1. The van der Waals surface area contributed by atoms with Crippen LogP contribution in [-0.4, -0.2) is 36.0 Å². The molecule has 0 unspecified atom stereocenters. The first-order chi connectivity index (χ1) is 6.70. The van der Waals surface area contributed by atoms with Crippen molar-refractivity contribution in [2.45, 2.75) is 43.5 Å². The van der Waals surface area contributed by atoms with E-state index < -0.39 is 6.17 Å². The summed E-state index contributed by atoms with van der Waals surface area (Å²) < 4.78 is 18.7. The Labute approximate surface area is 87.5 Å². The molecule has 5 heteroatoms. The molecule has 1 N–H and O–H groups in total. The van der Waals surface area contributed by atoms with E-state index in [0.29, 0.717) is 0 Å². The molecule has 0 amide bonds. The van der Waals surface area contributed by atoms with Crippen LogP contribution in [0.3, 0.4) is 0 Å². The Morgan fingerprint density at radius 1 is 1.64 bits per heavy atom. The first-order valence-electron chi connectivity index (χ1n) is 4.92. The standard InChI is InChI=1S/C9H15FN2OS/c1-5(10)7-4-3-6-8(13-7)14-9(11-2)12-6/h5-8H,3-4H2,1-2H3,(H,11,12)/t5-,6-,7+,8-/m1/s1. The maximum Gasteiger partial charge on any atom is 0.159 e. The highest BCUT2D eigenvalue weighted by molar-refractivity contribution is 8.14. The molecule has 2 rings (SSSR count). The van der Waals surface area contributed by atoms with Gasteiger partial charge >= 0.3 is 0 Å². The number of aliphatic imine (C=N–C) groups is 1. The summed E-state index contributed by atoms with van der Waals surface area (Å²) in [5.74, 6) is 0. The van der Waals surface area contributed by atoms with Crippen LogP contribution < -0.4 is 5.32 Å². The van der Waals surface area contributed by atoms with Crippen LogP contribution in [0.2, 0.25) is 0 Å². The Kier molecular flexibility index (Phi) is 2.97. The van der Waals surface area contributed by atoms with Crippen molar-refractivity contribution in [3.8, 4) is 0 Å². The molecule has 0 aromatic rings. The van der Waals surface area contributed by atoms with Crippen molar-refractivity contribution in [1.29, 1.82) is 0 Å². The number of nitrogens with one attached hydrogen (secondary N) is 1. The summed E-state index contributed by atoms with van der Waals surface area (Å²) in [5, 5.41) is 3.91. The number of alkyl halides is 1. The molecule has 1 fully saturated rings. The van der Waals surface area contributed by atoms with E-state index in [1.54, 1.807) is 18.7 Å². The molecule has 0 aromatic heterocycles. The maximum atomic E-state index is 13.0. The molecule has 80 valence electrons. The van der Waals surface area contributed by atoms with Gasteiger partial charge in [0.25, 0.3) is 0 Å². The van der Waals surface area contributed by atoms with E-state index in [4.69, 9.17) is 4.74 Å². The molecule has 0 spiro atoms. The summed E-state index contributed by atoms with van der Waals surface area (Å²) in [6.07, 6.45) is 0.590. The van der Waals surface area contributed by atoms with Crippen LogP contribution in [0, 0.1) is 0 Å². The second-order valence-electron chi connectivity index (χ2n) is 3.67. The lowest BCUT2D eigenvalue weighted by Crippen LogP contribution is -2.37. The number of ether oxygens (including phenoxy) is 1. The molecule has 0 radical (unpaired) electrons. The van der Waals surface area contributed by atoms with Gasteiger partial charge in [-0.2, -0.15) is 0 Å². The Morgan fingerprint density at radius 3 is 3.07 bits per heavy atom. The first-order valence-corrected chi connectivity index (χ1v) is 5.80. The molecule has 3 nitrogen and oxygen atoms in total. The molecule has 0 bridgehead atoms. The zero-order valence-electron chi connectivity index (χ0n) is 8.37. The van der Waals surface area contributed by atoms with Crippen LogP contribution in [0.25, 0.3) is 0 Å². The molecule has 0 aromatic carbocycles. The quantitative estimate of drug-likeness (QED) is 0.725. The summed E-state index contributed by atoms with van der Waals surface area (Å²) >= 11 is 1.57. The third-order valence-corrected chi connectivity index (χ3v) is 3.80. The lowest BCUT2D eigenvalue weighted by Gasteiger charge is -2.31. The molecule has 4 atom stereocenters. The predicted molar refractivity (Wildman–Crippen MR) is 56.3 cm³/mol. The normalized spacial score (nSPS) is 38.8. The number of halogens is 1. The van der Waals surface area contributed by atoms with E-state index in [9.17, 15) is 4.39 Å². The Balaban J connectivity index is 1.95. The van der Waals surface area contributed by atoms with E-state index in [1.165, 1.54) is 0 Å². The second-order valence-corrected chi connectivity index (χ2v) is 4.75. The number of rotatable bonds is 1. The Bertz CT molecular complexity index is 247. The van der Waals surface area contributed by atoms with Crippen molar-refractivity contribution >= 4 is 16.9 Å². The molecule has 1 saturated heterocycles. The molecule has 2 aliphatic heterocycles. The highest BCUT2D eigenvalue weighted by Crippen LogP contribution is 2.36. The maximum absolute atomic E-state index is 13.0. The van der Waals surface area contributed by atoms with Gasteiger partial charge in [0.2, 0.25) is 0 Å². The zero-order valence-corrected chi connectivity index (χ0v) is 9.18. The lowest BCUT2D eigenvalue weighted by molar-refractivity contribution is -0.0489. The average Bonchev–Trinajstić information content (AvgIpc) is 2.58. The van der Waals surface area contributed by atoms with Gasteiger partial charge < -0.3 is 10.1 Å². The smallest absolute Gasteiger partial charge is 0.159 e. The van der Waals surface area contributed by atoms with Crippen LogP contribution >= 0.6 is 11.8 Å². The fourth-order valence-electron chi connectivity index (χ4n) is 1.79. The summed E-state index contributed by atoms with van der Waals surface area (Å²) in [7, 11) is 1.85. The van der Waals surface area contributed by atoms with Crippen molar-refractivity contribution in [3.63, 3.8) is 0 Å². The van der Waals surface area contributed by atoms with Gasteiger partial charge in [-0.05, 0) is 19.8 Å². The van der Waals surface area contributed by atoms with E-state index in [1.807, 2.05) is 7.05 Å². The zero-order chi connectivity index (χ0) is 10.1.